The molecule has 0 heterocycles. The summed E-state index contributed by atoms with van der Waals surface area (Å²) in [5.41, 5.74) is 0. The zero-order chi connectivity index (χ0) is 14.4. The van der Waals surface area contributed by atoms with Gasteiger partial charge < -0.3 is 9.47 Å². The molecular weight excluding hydrogens is 267 g/mol. The van der Waals surface area contributed by atoms with Gasteiger partial charge in [-0.05, 0) is 0 Å². The molecule has 0 aliphatic rings. The number of carbonyl (C=O) groups is 2. The summed E-state index contributed by atoms with van der Waals surface area (Å²) in [6.07, 6.45) is -3.94. The smallest absolute Gasteiger partial charge is 0.422 e. The van der Waals surface area contributed by atoms with Crippen molar-refractivity contribution in [2.24, 2.45) is 0 Å². The molecule has 18 heavy (non-hydrogen) atoms. The minimum Gasteiger partial charge on any atom is -0.456 e. The second kappa shape index (κ2) is 6.31. The third-order valence-electron chi connectivity index (χ3n) is 1.20. The Bertz CT molecular complexity index is 297. The molecule has 9 heteroatoms. The van der Waals surface area contributed by atoms with Crippen molar-refractivity contribution < 1.29 is 41.0 Å². The third kappa shape index (κ3) is 10.8. The van der Waals surface area contributed by atoms with Crippen LogP contribution >= 0.6 is 0 Å². The van der Waals surface area contributed by atoms with Gasteiger partial charge in [-0.3, -0.25) is 0 Å². The van der Waals surface area contributed by atoms with Crippen molar-refractivity contribution >= 4 is 11.9 Å². The topological polar surface area (TPSA) is 52.6 Å². The van der Waals surface area contributed by atoms with E-state index in [4.69, 9.17) is 0 Å². The van der Waals surface area contributed by atoms with Crippen molar-refractivity contribution in [3.63, 3.8) is 0 Å². The van der Waals surface area contributed by atoms with Crippen LogP contribution in [-0.2, 0) is 19.1 Å². The summed E-state index contributed by atoms with van der Waals surface area (Å²) in [4.78, 5) is 21.4. The molecule has 4 nitrogen and oxygen atoms in total. The highest BCUT2D eigenvalue weighted by Crippen LogP contribution is 2.14. The number of rotatable bonds is 5. The van der Waals surface area contributed by atoms with Crippen LogP contribution in [-0.4, -0.2) is 37.3 Å². The quantitative estimate of drug-likeness (QED) is 0.437. The van der Waals surface area contributed by atoms with Gasteiger partial charge in [-0.25, -0.2) is 18.4 Å². The predicted octanol–water partition coefficient (Wildman–Crippen LogP) is 1.85. The van der Waals surface area contributed by atoms with E-state index in [-0.39, 0.29) is 0 Å². The van der Waals surface area contributed by atoms with E-state index in [9.17, 15) is 31.5 Å². The van der Waals surface area contributed by atoms with Gasteiger partial charge in [-0.15, -0.1) is 0 Å². The first kappa shape index (κ1) is 16.3. The largest absolute Gasteiger partial charge is 0.456 e. The lowest BCUT2D eigenvalue weighted by atomic mass is 10.4. The van der Waals surface area contributed by atoms with Crippen molar-refractivity contribution in [3.05, 3.63) is 12.2 Å². The Morgan fingerprint density at radius 2 is 1.33 bits per heavy atom. The van der Waals surface area contributed by atoms with Crippen LogP contribution in [0.25, 0.3) is 0 Å². The van der Waals surface area contributed by atoms with Crippen molar-refractivity contribution in [1.82, 2.24) is 0 Å². The van der Waals surface area contributed by atoms with Crippen LogP contribution in [0.2, 0.25) is 0 Å². The molecule has 0 rings (SSSR count). The minimum absolute atomic E-state index is 0.349. The van der Waals surface area contributed by atoms with Gasteiger partial charge in [-0.1, -0.05) is 0 Å². The lowest BCUT2D eigenvalue weighted by Crippen LogP contribution is -2.21. The maximum atomic E-state index is 12.2. The van der Waals surface area contributed by atoms with E-state index >= 15 is 0 Å². The molecule has 104 valence electrons. The SMILES string of the molecule is CC(F)(F)COC(=O)/C=C\C(=O)OCC(F)(F)F. The molecule has 0 bridgehead atoms. The lowest BCUT2D eigenvalue weighted by Gasteiger charge is -2.08. The van der Waals surface area contributed by atoms with E-state index in [0.29, 0.717) is 19.1 Å². The predicted molar refractivity (Wildman–Crippen MR) is 47.7 cm³/mol. The Morgan fingerprint density at radius 3 is 1.67 bits per heavy atom. The molecule has 0 aromatic carbocycles. The first-order valence-electron chi connectivity index (χ1n) is 4.46. The van der Waals surface area contributed by atoms with E-state index in [0.717, 1.165) is 0 Å². The number of hydrogen-bond donors (Lipinski definition) is 0. The number of alkyl halides is 5. The third-order valence-corrected chi connectivity index (χ3v) is 1.20. The number of esters is 2. The van der Waals surface area contributed by atoms with E-state index in [2.05, 4.69) is 9.47 Å². The average Bonchev–Trinajstić information content (AvgIpc) is 2.18. The van der Waals surface area contributed by atoms with Gasteiger partial charge in [0, 0.05) is 19.1 Å². The fourth-order valence-electron chi connectivity index (χ4n) is 0.583. The molecule has 0 saturated heterocycles. The molecule has 0 spiro atoms. The molecule has 0 aliphatic heterocycles. The average molecular weight is 276 g/mol. The second-order valence-corrected chi connectivity index (χ2v) is 3.23. The normalized spacial score (nSPS) is 12.6. The first-order chi connectivity index (χ1) is 7.99. The number of carbonyl (C=O) groups excluding carboxylic acids is 2. The summed E-state index contributed by atoms with van der Waals surface area (Å²) in [5, 5.41) is 0. The molecule has 0 radical (unpaired) electrons. The molecule has 0 saturated carbocycles. The van der Waals surface area contributed by atoms with Gasteiger partial charge >= 0.3 is 18.1 Å². The summed E-state index contributed by atoms with van der Waals surface area (Å²) in [6, 6.07) is 0. The zero-order valence-electron chi connectivity index (χ0n) is 9.09. The highest BCUT2D eigenvalue weighted by molar-refractivity contribution is 5.91. The molecule has 0 aromatic rings. The summed E-state index contributed by atoms with van der Waals surface area (Å²) >= 11 is 0. The highest BCUT2D eigenvalue weighted by atomic mass is 19.4. The van der Waals surface area contributed by atoms with Crippen molar-refractivity contribution in [2.75, 3.05) is 13.2 Å². The summed E-state index contributed by atoms with van der Waals surface area (Å²) in [6.45, 7) is -2.51. The fourth-order valence-corrected chi connectivity index (χ4v) is 0.583. The maximum absolute atomic E-state index is 12.2. The number of halogens is 5. The molecule has 0 aromatic heterocycles. The molecule has 0 N–H and O–H groups in total. The first-order valence-corrected chi connectivity index (χ1v) is 4.46. The molecule has 0 aliphatic carbocycles. The van der Waals surface area contributed by atoms with Crippen LogP contribution in [0.5, 0.6) is 0 Å². The van der Waals surface area contributed by atoms with Crippen molar-refractivity contribution in [1.29, 1.82) is 0 Å². The van der Waals surface area contributed by atoms with Gasteiger partial charge in [0.1, 0.15) is 0 Å². The van der Waals surface area contributed by atoms with Crippen LogP contribution in [0, 0.1) is 0 Å². The molecular formula is C9H9F5O4. The standard InChI is InChI=1S/C9H9F5O4/c1-8(10,11)4-17-6(15)2-3-7(16)18-5-9(12,13)14/h2-3H,4-5H2,1H3/b3-2-. The van der Waals surface area contributed by atoms with Crippen LogP contribution in [0.1, 0.15) is 6.92 Å². The summed E-state index contributed by atoms with van der Waals surface area (Å²) in [7, 11) is 0. The van der Waals surface area contributed by atoms with Gasteiger partial charge in [0.2, 0.25) is 0 Å². The van der Waals surface area contributed by atoms with Gasteiger partial charge in [0.05, 0.1) is 0 Å². The Balaban J connectivity index is 4.00. The van der Waals surface area contributed by atoms with Gasteiger partial charge in [-0.2, -0.15) is 13.2 Å². The van der Waals surface area contributed by atoms with Crippen LogP contribution in [0.3, 0.4) is 0 Å². The summed E-state index contributed by atoms with van der Waals surface area (Å²) < 4.78 is 66.9. The van der Waals surface area contributed by atoms with E-state index in [1.807, 2.05) is 0 Å². The van der Waals surface area contributed by atoms with Crippen LogP contribution < -0.4 is 0 Å². The van der Waals surface area contributed by atoms with E-state index < -0.39 is 37.3 Å². The maximum Gasteiger partial charge on any atom is 0.422 e. The Hall–Kier alpha value is -1.67. The zero-order valence-corrected chi connectivity index (χ0v) is 9.09. The number of hydrogen-bond acceptors (Lipinski definition) is 4. The van der Waals surface area contributed by atoms with Crippen molar-refractivity contribution in [2.45, 2.75) is 19.0 Å². The Labute approximate surface area is 98.3 Å². The molecule has 0 unspecified atom stereocenters. The monoisotopic (exact) mass is 276 g/mol. The van der Waals surface area contributed by atoms with Crippen LogP contribution in [0.4, 0.5) is 22.0 Å². The Morgan fingerprint density at radius 1 is 0.944 bits per heavy atom. The second-order valence-electron chi connectivity index (χ2n) is 3.23. The molecule has 0 amide bonds. The van der Waals surface area contributed by atoms with E-state index in [1.54, 1.807) is 0 Å². The Kier molecular flexibility index (Phi) is 5.73. The molecule has 0 fully saturated rings. The highest BCUT2D eigenvalue weighted by Gasteiger charge is 2.29. The van der Waals surface area contributed by atoms with E-state index in [1.165, 1.54) is 0 Å². The summed E-state index contributed by atoms with van der Waals surface area (Å²) in [5.74, 6) is -5.96. The number of ether oxygens (including phenoxy) is 2. The fraction of sp³-hybridized carbons (Fsp3) is 0.556. The minimum atomic E-state index is -4.69. The van der Waals surface area contributed by atoms with Gasteiger partial charge in [0.15, 0.2) is 13.2 Å². The van der Waals surface area contributed by atoms with Gasteiger partial charge in [0.25, 0.3) is 5.92 Å². The lowest BCUT2D eigenvalue weighted by molar-refractivity contribution is -0.182. The van der Waals surface area contributed by atoms with Crippen LogP contribution in [0.15, 0.2) is 12.2 Å². The van der Waals surface area contributed by atoms with Crippen molar-refractivity contribution in [3.8, 4) is 0 Å². The molecule has 0 atom stereocenters.